The molecule has 0 saturated heterocycles. The molecule has 0 aromatic rings. The van der Waals surface area contributed by atoms with Crippen LogP contribution in [0, 0.1) is 10.8 Å². The fraction of sp³-hybridized carbons (Fsp3) is 0.923. The van der Waals surface area contributed by atoms with Crippen LogP contribution in [0.3, 0.4) is 0 Å². The van der Waals surface area contributed by atoms with E-state index in [1.807, 2.05) is 0 Å². The van der Waals surface area contributed by atoms with Crippen molar-refractivity contribution in [2.24, 2.45) is 10.8 Å². The van der Waals surface area contributed by atoms with Crippen molar-refractivity contribution in [1.82, 2.24) is 0 Å². The van der Waals surface area contributed by atoms with Gasteiger partial charge in [-0.3, -0.25) is 4.79 Å². The topological polar surface area (TPSA) is 17.1 Å². The molecule has 0 saturated carbocycles. The summed E-state index contributed by atoms with van der Waals surface area (Å²) >= 11 is 6.20. The Morgan fingerprint density at radius 3 is 1.69 bits per heavy atom. The number of carbonyl (C=O) groups excluding carboxylic acids is 1. The fourth-order valence-electron chi connectivity index (χ4n) is 2.04. The van der Waals surface area contributed by atoms with E-state index in [1.54, 1.807) is 0 Å². The Labute approximate surface area is 111 Å². The van der Waals surface area contributed by atoms with E-state index in [1.165, 1.54) is 11.8 Å². The molecule has 0 aromatic heterocycles. The molecule has 0 N–H and O–H groups in total. The lowest BCUT2D eigenvalue weighted by Crippen LogP contribution is -2.53. The Bertz CT molecular complexity index is 232. The van der Waals surface area contributed by atoms with E-state index in [-0.39, 0.29) is 15.9 Å². The van der Waals surface area contributed by atoms with Crippen LogP contribution in [-0.2, 0) is 4.79 Å². The summed E-state index contributed by atoms with van der Waals surface area (Å²) in [6.07, 6.45) is 1.02. The number of thiol groups is 1. The van der Waals surface area contributed by atoms with Crippen LogP contribution in [0.2, 0.25) is 0 Å². The summed E-state index contributed by atoms with van der Waals surface area (Å²) in [5, 5.41) is 0.206. The minimum absolute atomic E-state index is 0.147. The molecule has 0 radical (unpaired) electrons. The normalized spacial score (nSPS) is 14.0. The molecule has 0 bridgehead atoms. The molecule has 0 aromatic carbocycles. The SMILES string of the molecule is CCCSC(=O)C(S)(C(C)(C)C)C(C)(C)C. The second kappa shape index (κ2) is 5.34. The van der Waals surface area contributed by atoms with Gasteiger partial charge in [-0.25, -0.2) is 0 Å². The predicted molar refractivity (Wildman–Crippen MR) is 78.4 cm³/mol. The van der Waals surface area contributed by atoms with Crippen LogP contribution in [0.4, 0.5) is 0 Å². The highest BCUT2D eigenvalue weighted by Crippen LogP contribution is 2.51. The predicted octanol–water partition coefficient (Wildman–Crippen LogP) is 4.42. The molecule has 0 atom stereocenters. The highest BCUT2D eigenvalue weighted by molar-refractivity contribution is 8.15. The van der Waals surface area contributed by atoms with E-state index in [0.717, 1.165) is 12.2 Å². The smallest absolute Gasteiger partial charge is 0.205 e. The average Bonchev–Trinajstić information content (AvgIpc) is 2.08. The van der Waals surface area contributed by atoms with Gasteiger partial charge >= 0.3 is 0 Å². The van der Waals surface area contributed by atoms with Gasteiger partial charge in [0.2, 0.25) is 5.12 Å². The molecule has 16 heavy (non-hydrogen) atoms. The average molecular weight is 262 g/mol. The Balaban J connectivity index is 5.19. The molecular formula is C13H26OS2. The van der Waals surface area contributed by atoms with Crippen molar-refractivity contribution in [3.8, 4) is 0 Å². The molecule has 0 rings (SSSR count). The molecule has 96 valence electrons. The van der Waals surface area contributed by atoms with Crippen molar-refractivity contribution in [2.45, 2.75) is 59.6 Å². The monoisotopic (exact) mass is 262 g/mol. The quantitative estimate of drug-likeness (QED) is 0.758. The van der Waals surface area contributed by atoms with Gasteiger partial charge in [0.1, 0.15) is 0 Å². The van der Waals surface area contributed by atoms with E-state index in [4.69, 9.17) is 12.6 Å². The van der Waals surface area contributed by atoms with Crippen molar-refractivity contribution >= 4 is 29.5 Å². The van der Waals surface area contributed by atoms with Gasteiger partial charge in [-0.1, -0.05) is 60.2 Å². The molecule has 0 unspecified atom stereocenters. The molecule has 0 aliphatic heterocycles. The van der Waals surface area contributed by atoms with Crippen molar-refractivity contribution in [3.05, 3.63) is 0 Å². The van der Waals surface area contributed by atoms with E-state index >= 15 is 0 Å². The molecule has 0 aliphatic rings. The zero-order valence-corrected chi connectivity index (χ0v) is 13.4. The molecule has 0 spiro atoms. The highest BCUT2D eigenvalue weighted by Gasteiger charge is 2.53. The third-order valence-electron chi connectivity index (χ3n) is 2.90. The van der Waals surface area contributed by atoms with E-state index in [0.29, 0.717) is 0 Å². The van der Waals surface area contributed by atoms with Crippen molar-refractivity contribution < 1.29 is 4.79 Å². The summed E-state index contributed by atoms with van der Waals surface area (Å²) in [5.74, 6) is 0.882. The molecule has 1 nitrogen and oxygen atoms in total. The first-order valence-corrected chi connectivity index (χ1v) is 7.31. The number of hydrogen-bond acceptors (Lipinski definition) is 3. The number of rotatable bonds is 3. The fourth-order valence-corrected chi connectivity index (χ4v) is 3.44. The second-order valence-corrected chi connectivity index (χ2v) is 8.08. The van der Waals surface area contributed by atoms with E-state index in [2.05, 4.69) is 48.5 Å². The first-order valence-electron chi connectivity index (χ1n) is 5.88. The van der Waals surface area contributed by atoms with Crippen LogP contribution in [0.15, 0.2) is 0 Å². The van der Waals surface area contributed by atoms with Crippen molar-refractivity contribution in [1.29, 1.82) is 0 Å². The Morgan fingerprint density at radius 2 is 1.44 bits per heavy atom. The summed E-state index contributed by atoms with van der Waals surface area (Å²) in [6.45, 7) is 14.6. The molecule has 0 aliphatic carbocycles. The summed E-state index contributed by atoms with van der Waals surface area (Å²) < 4.78 is -0.597. The van der Waals surface area contributed by atoms with Crippen LogP contribution in [0.1, 0.15) is 54.9 Å². The maximum Gasteiger partial charge on any atom is 0.205 e. The van der Waals surface area contributed by atoms with Gasteiger partial charge in [-0.15, -0.1) is 0 Å². The van der Waals surface area contributed by atoms with Crippen LogP contribution < -0.4 is 0 Å². The first kappa shape index (κ1) is 16.4. The molecule has 0 amide bonds. The number of carbonyl (C=O) groups is 1. The van der Waals surface area contributed by atoms with Gasteiger partial charge in [0.15, 0.2) is 0 Å². The second-order valence-electron chi connectivity index (χ2n) is 6.35. The molecular weight excluding hydrogens is 236 g/mol. The minimum Gasteiger partial charge on any atom is -0.286 e. The summed E-state index contributed by atoms with van der Waals surface area (Å²) in [4.78, 5) is 12.4. The first-order chi connectivity index (χ1) is 6.98. The van der Waals surface area contributed by atoms with Crippen LogP contribution in [-0.4, -0.2) is 15.6 Å². The van der Waals surface area contributed by atoms with Crippen molar-refractivity contribution in [3.63, 3.8) is 0 Å². The lowest BCUT2D eigenvalue weighted by atomic mass is 9.66. The Hall–Kier alpha value is 0.370. The van der Waals surface area contributed by atoms with Gasteiger partial charge in [0.05, 0.1) is 4.75 Å². The van der Waals surface area contributed by atoms with E-state index in [9.17, 15) is 4.79 Å². The molecule has 0 heterocycles. The highest BCUT2D eigenvalue weighted by atomic mass is 32.2. The van der Waals surface area contributed by atoms with Gasteiger partial charge in [-0.05, 0) is 17.3 Å². The molecule has 0 fully saturated rings. The minimum atomic E-state index is -0.597. The summed E-state index contributed by atoms with van der Waals surface area (Å²) in [7, 11) is 0. The lowest BCUT2D eigenvalue weighted by Gasteiger charge is -2.48. The lowest BCUT2D eigenvalue weighted by molar-refractivity contribution is -0.118. The van der Waals surface area contributed by atoms with Crippen LogP contribution in [0.5, 0.6) is 0 Å². The van der Waals surface area contributed by atoms with Gasteiger partial charge in [0, 0.05) is 5.75 Å². The van der Waals surface area contributed by atoms with E-state index < -0.39 is 4.75 Å². The third kappa shape index (κ3) is 3.19. The van der Waals surface area contributed by atoms with Gasteiger partial charge in [-0.2, -0.15) is 12.6 Å². The van der Waals surface area contributed by atoms with Crippen molar-refractivity contribution in [2.75, 3.05) is 5.75 Å². The van der Waals surface area contributed by atoms with Gasteiger partial charge in [0.25, 0.3) is 0 Å². The summed E-state index contributed by atoms with van der Waals surface area (Å²) in [6, 6.07) is 0. The number of hydrogen-bond donors (Lipinski definition) is 1. The Morgan fingerprint density at radius 1 is 1.06 bits per heavy atom. The third-order valence-corrected chi connectivity index (χ3v) is 5.78. The Kier molecular flexibility index (Phi) is 5.47. The molecule has 3 heteroatoms. The summed E-state index contributed by atoms with van der Waals surface area (Å²) in [5.41, 5.74) is -0.293. The van der Waals surface area contributed by atoms with Gasteiger partial charge < -0.3 is 0 Å². The maximum atomic E-state index is 12.4. The zero-order chi connectivity index (χ0) is 13.2. The zero-order valence-electron chi connectivity index (χ0n) is 11.7. The largest absolute Gasteiger partial charge is 0.286 e. The standard InChI is InChI=1S/C13H26OS2/c1-8-9-16-10(14)13(15,11(2,3)4)12(5,6)7/h15H,8-9H2,1-7H3. The van der Waals surface area contributed by atoms with Crippen LogP contribution >= 0.6 is 24.4 Å². The maximum absolute atomic E-state index is 12.4. The van der Waals surface area contributed by atoms with Crippen LogP contribution in [0.25, 0.3) is 0 Å². The number of thioether (sulfide) groups is 1.